The van der Waals surface area contributed by atoms with Crippen molar-refractivity contribution in [1.82, 2.24) is 0 Å². The van der Waals surface area contributed by atoms with Gasteiger partial charge in [-0.05, 0) is 30.5 Å². The van der Waals surface area contributed by atoms with Gasteiger partial charge in [-0.25, -0.2) is 0 Å². The number of aryl methyl sites for hydroxylation is 1. The summed E-state index contributed by atoms with van der Waals surface area (Å²) >= 11 is 6.16. The molecule has 3 heteroatoms. The summed E-state index contributed by atoms with van der Waals surface area (Å²) in [6.45, 7) is 7.33. The van der Waals surface area contributed by atoms with Crippen molar-refractivity contribution in [2.45, 2.75) is 33.6 Å². The maximum absolute atomic E-state index is 6.16. The van der Waals surface area contributed by atoms with Crippen LogP contribution in [0.4, 0.5) is 11.4 Å². The smallest absolute Gasteiger partial charge is 0.0763 e. The number of nitrogen functional groups attached to an aromatic ring is 1. The fraction of sp³-hybridized carbons (Fsp3) is 0.538. The van der Waals surface area contributed by atoms with E-state index in [1.54, 1.807) is 0 Å². The fourth-order valence-corrected chi connectivity index (χ4v) is 2.13. The first-order valence-corrected chi connectivity index (χ1v) is 6.25. The van der Waals surface area contributed by atoms with Gasteiger partial charge in [0.1, 0.15) is 0 Å². The second-order valence-electron chi connectivity index (χ2n) is 4.27. The first-order chi connectivity index (χ1) is 7.58. The van der Waals surface area contributed by atoms with Gasteiger partial charge in [-0.1, -0.05) is 38.3 Å². The molecule has 0 fully saturated rings. The average Bonchev–Trinajstić information content (AvgIpc) is 2.22. The van der Waals surface area contributed by atoms with Crippen LogP contribution < -0.4 is 11.1 Å². The summed E-state index contributed by atoms with van der Waals surface area (Å²) in [5.41, 5.74) is 8.64. The van der Waals surface area contributed by atoms with Crippen LogP contribution in [0.25, 0.3) is 0 Å². The molecule has 0 aliphatic carbocycles. The molecule has 0 radical (unpaired) electrons. The molecule has 0 aliphatic rings. The number of hydrogen-bond donors (Lipinski definition) is 2. The molecule has 0 saturated carbocycles. The predicted molar refractivity (Wildman–Crippen MR) is 73.2 cm³/mol. The van der Waals surface area contributed by atoms with Gasteiger partial charge in [0.05, 0.1) is 16.4 Å². The lowest BCUT2D eigenvalue weighted by molar-refractivity contribution is 0.519. The van der Waals surface area contributed by atoms with Gasteiger partial charge in [-0.15, -0.1) is 0 Å². The van der Waals surface area contributed by atoms with E-state index in [4.69, 9.17) is 17.3 Å². The first kappa shape index (κ1) is 13.2. The van der Waals surface area contributed by atoms with E-state index < -0.39 is 0 Å². The molecule has 0 heterocycles. The third-order valence-electron chi connectivity index (χ3n) is 2.99. The molecule has 0 spiro atoms. The highest BCUT2D eigenvalue weighted by molar-refractivity contribution is 6.34. The zero-order valence-corrected chi connectivity index (χ0v) is 11.1. The van der Waals surface area contributed by atoms with E-state index in [1.165, 1.54) is 12.8 Å². The van der Waals surface area contributed by atoms with Crippen LogP contribution in [0.5, 0.6) is 0 Å². The predicted octanol–water partition coefficient (Wildman–Crippen LogP) is 4.08. The van der Waals surface area contributed by atoms with Crippen molar-refractivity contribution in [2.24, 2.45) is 5.92 Å². The Balaban J connectivity index is 2.74. The van der Waals surface area contributed by atoms with Crippen molar-refractivity contribution in [3.05, 3.63) is 22.7 Å². The van der Waals surface area contributed by atoms with E-state index in [1.807, 2.05) is 19.1 Å². The van der Waals surface area contributed by atoms with E-state index in [-0.39, 0.29) is 0 Å². The third kappa shape index (κ3) is 3.31. The van der Waals surface area contributed by atoms with Gasteiger partial charge in [0.25, 0.3) is 0 Å². The minimum Gasteiger partial charge on any atom is -0.397 e. The monoisotopic (exact) mass is 240 g/mol. The molecule has 0 aliphatic heterocycles. The highest BCUT2D eigenvalue weighted by Crippen LogP contribution is 2.30. The lowest BCUT2D eigenvalue weighted by Crippen LogP contribution is -2.14. The van der Waals surface area contributed by atoms with Crippen LogP contribution in [-0.4, -0.2) is 6.54 Å². The maximum Gasteiger partial charge on any atom is 0.0763 e. The molecule has 90 valence electrons. The molecule has 1 aromatic rings. The number of anilines is 2. The SMILES string of the molecule is CCC(CC)CNc1c(N)cc(C)cc1Cl. The number of nitrogens with one attached hydrogen (secondary N) is 1. The number of rotatable bonds is 5. The Morgan fingerprint density at radius 2 is 1.94 bits per heavy atom. The Kier molecular flexibility index (Phi) is 4.94. The Morgan fingerprint density at radius 1 is 1.31 bits per heavy atom. The van der Waals surface area contributed by atoms with Crippen LogP contribution in [0.3, 0.4) is 0 Å². The summed E-state index contributed by atoms with van der Waals surface area (Å²) in [4.78, 5) is 0. The highest BCUT2D eigenvalue weighted by atomic mass is 35.5. The molecule has 0 bridgehead atoms. The molecule has 0 unspecified atom stereocenters. The molecule has 0 amide bonds. The van der Waals surface area contributed by atoms with Crippen LogP contribution >= 0.6 is 11.6 Å². The lowest BCUT2D eigenvalue weighted by Gasteiger charge is -2.17. The summed E-state index contributed by atoms with van der Waals surface area (Å²) in [6, 6.07) is 3.88. The average molecular weight is 241 g/mol. The molecule has 1 rings (SSSR count). The van der Waals surface area contributed by atoms with Crippen LogP contribution in [0.1, 0.15) is 32.3 Å². The maximum atomic E-state index is 6.16. The van der Waals surface area contributed by atoms with Crippen molar-refractivity contribution in [3.63, 3.8) is 0 Å². The number of benzene rings is 1. The molecular formula is C13H21ClN2. The van der Waals surface area contributed by atoms with Crippen molar-refractivity contribution >= 4 is 23.0 Å². The Labute approximate surface area is 103 Å². The molecule has 2 nitrogen and oxygen atoms in total. The summed E-state index contributed by atoms with van der Waals surface area (Å²) in [6.07, 6.45) is 2.35. The fourth-order valence-electron chi connectivity index (χ4n) is 1.78. The zero-order valence-electron chi connectivity index (χ0n) is 10.3. The van der Waals surface area contributed by atoms with Crippen molar-refractivity contribution in [2.75, 3.05) is 17.6 Å². The minimum absolute atomic E-state index is 0.678. The summed E-state index contributed by atoms with van der Waals surface area (Å²) in [5.74, 6) is 0.678. The van der Waals surface area contributed by atoms with Crippen LogP contribution in [-0.2, 0) is 0 Å². The van der Waals surface area contributed by atoms with Gasteiger partial charge in [-0.3, -0.25) is 0 Å². The molecule has 0 saturated heterocycles. The molecule has 0 atom stereocenters. The number of halogens is 1. The van der Waals surface area contributed by atoms with Crippen LogP contribution in [0, 0.1) is 12.8 Å². The summed E-state index contributed by atoms with van der Waals surface area (Å²) < 4.78 is 0. The van der Waals surface area contributed by atoms with Crippen LogP contribution in [0.15, 0.2) is 12.1 Å². The van der Waals surface area contributed by atoms with Gasteiger partial charge >= 0.3 is 0 Å². The molecule has 16 heavy (non-hydrogen) atoms. The lowest BCUT2D eigenvalue weighted by atomic mass is 10.0. The number of hydrogen-bond acceptors (Lipinski definition) is 2. The first-order valence-electron chi connectivity index (χ1n) is 5.87. The second kappa shape index (κ2) is 6.00. The normalized spacial score (nSPS) is 10.8. The largest absolute Gasteiger partial charge is 0.397 e. The van der Waals surface area contributed by atoms with Gasteiger partial charge in [0.15, 0.2) is 0 Å². The summed E-state index contributed by atoms with van der Waals surface area (Å²) in [7, 11) is 0. The Bertz CT molecular complexity index is 323. The zero-order chi connectivity index (χ0) is 12.1. The standard InChI is InChI=1S/C13H21ClN2/c1-4-10(5-2)8-16-13-11(14)6-9(3)7-12(13)15/h6-7,10,16H,4-5,8,15H2,1-3H3. The third-order valence-corrected chi connectivity index (χ3v) is 3.29. The topological polar surface area (TPSA) is 38.0 Å². The molecule has 0 aromatic heterocycles. The highest BCUT2D eigenvalue weighted by Gasteiger charge is 2.08. The Morgan fingerprint density at radius 3 is 2.44 bits per heavy atom. The van der Waals surface area contributed by atoms with E-state index in [9.17, 15) is 0 Å². The van der Waals surface area contributed by atoms with E-state index >= 15 is 0 Å². The van der Waals surface area contributed by atoms with Crippen molar-refractivity contribution in [3.8, 4) is 0 Å². The second-order valence-corrected chi connectivity index (χ2v) is 4.68. The number of nitrogens with two attached hydrogens (primary N) is 1. The summed E-state index contributed by atoms with van der Waals surface area (Å²) in [5, 5.41) is 4.06. The van der Waals surface area contributed by atoms with E-state index in [0.717, 1.165) is 23.5 Å². The van der Waals surface area contributed by atoms with Gasteiger partial charge in [0.2, 0.25) is 0 Å². The van der Waals surface area contributed by atoms with E-state index in [0.29, 0.717) is 10.9 Å². The molecule has 3 N–H and O–H groups in total. The van der Waals surface area contributed by atoms with Gasteiger partial charge in [0, 0.05) is 6.54 Å². The van der Waals surface area contributed by atoms with Crippen LogP contribution in [0.2, 0.25) is 5.02 Å². The van der Waals surface area contributed by atoms with Crippen molar-refractivity contribution in [1.29, 1.82) is 0 Å². The van der Waals surface area contributed by atoms with Gasteiger partial charge in [-0.2, -0.15) is 0 Å². The molecule has 1 aromatic carbocycles. The van der Waals surface area contributed by atoms with E-state index in [2.05, 4.69) is 19.2 Å². The quantitative estimate of drug-likeness (QED) is 0.762. The Hall–Kier alpha value is -0.890. The minimum atomic E-state index is 0.678. The molecular weight excluding hydrogens is 220 g/mol. The van der Waals surface area contributed by atoms with Crippen molar-refractivity contribution < 1.29 is 0 Å². The van der Waals surface area contributed by atoms with Gasteiger partial charge < -0.3 is 11.1 Å².